The van der Waals surface area contributed by atoms with Gasteiger partial charge in [0.2, 0.25) is 0 Å². The fraction of sp³-hybridized carbons (Fsp3) is 0.875. The molecule has 0 aliphatic carbocycles. The lowest BCUT2D eigenvalue weighted by Crippen LogP contribution is -2.34. The first-order valence-corrected chi connectivity index (χ1v) is 4.42. The van der Waals surface area contributed by atoms with E-state index in [1.165, 1.54) is 6.54 Å². The summed E-state index contributed by atoms with van der Waals surface area (Å²) < 4.78 is 31.7. The van der Waals surface area contributed by atoms with Crippen LogP contribution in [0, 0.1) is 0 Å². The van der Waals surface area contributed by atoms with Crippen molar-refractivity contribution in [3.05, 3.63) is 0 Å². The molecule has 90 valence electrons. The van der Waals surface area contributed by atoms with Crippen LogP contribution in [-0.2, 0) is 4.79 Å². The van der Waals surface area contributed by atoms with E-state index < -0.39 is 12.1 Å². The van der Waals surface area contributed by atoms with Crippen molar-refractivity contribution in [2.75, 3.05) is 13.6 Å². The number of rotatable bonds is 0. The van der Waals surface area contributed by atoms with E-state index in [2.05, 4.69) is 18.9 Å². The highest BCUT2D eigenvalue weighted by Gasteiger charge is 2.38. The highest BCUT2D eigenvalue weighted by Crippen LogP contribution is 2.13. The van der Waals surface area contributed by atoms with E-state index in [-0.39, 0.29) is 0 Å². The average Bonchev–Trinajstić information content (AvgIpc) is 2.36. The number of nitrogens with zero attached hydrogens (tertiary/aromatic N) is 1. The Morgan fingerprint density at radius 2 is 1.93 bits per heavy atom. The molecule has 0 radical (unpaired) electrons. The van der Waals surface area contributed by atoms with Crippen LogP contribution in [0.1, 0.15) is 13.3 Å². The van der Waals surface area contributed by atoms with Gasteiger partial charge in [-0.25, -0.2) is 4.79 Å². The van der Waals surface area contributed by atoms with Crippen LogP contribution in [-0.4, -0.2) is 47.8 Å². The molecule has 15 heavy (non-hydrogen) atoms. The van der Waals surface area contributed by atoms with Crippen molar-refractivity contribution >= 4 is 5.97 Å². The Hall–Kier alpha value is -0.820. The molecule has 1 aliphatic heterocycles. The topological polar surface area (TPSA) is 66.6 Å². The lowest BCUT2D eigenvalue weighted by atomic mass is 10.2. The van der Waals surface area contributed by atoms with Gasteiger partial charge in [0.25, 0.3) is 0 Å². The second-order valence-corrected chi connectivity index (χ2v) is 3.48. The summed E-state index contributed by atoms with van der Waals surface area (Å²) in [4.78, 5) is 11.2. The summed E-state index contributed by atoms with van der Waals surface area (Å²) in [5.41, 5.74) is 5.73. The summed E-state index contributed by atoms with van der Waals surface area (Å²) in [6.45, 7) is 3.35. The van der Waals surface area contributed by atoms with Crippen LogP contribution in [0.2, 0.25) is 0 Å². The summed E-state index contributed by atoms with van der Waals surface area (Å²) in [5.74, 6) is -2.76. The number of nitrogens with two attached hydrogens (primary N) is 1. The number of likely N-dealkylation sites (tertiary alicyclic amines) is 1. The van der Waals surface area contributed by atoms with Gasteiger partial charge in [0.15, 0.2) is 0 Å². The SMILES string of the molecule is CC1C(N)CCN1C.O=C(O)C(F)(F)F. The van der Waals surface area contributed by atoms with Crippen molar-refractivity contribution in [2.45, 2.75) is 31.6 Å². The maximum Gasteiger partial charge on any atom is 0.490 e. The minimum Gasteiger partial charge on any atom is -0.475 e. The number of carbonyl (C=O) groups is 1. The lowest BCUT2D eigenvalue weighted by Gasteiger charge is -2.16. The molecule has 1 heterocycles. The van der Waals surface area contributed by atoms with Crippen molar-refractivity contribution in [3.63, 3.8) is 0 Å². The van der Waals surface area contributed by atoms with Crippen molar-refractivity contribution < 1.29 is 23.1 Å². The van der Waals surface area contributed by atoms with Gasteiger partial charge in [0, 0.05) is 12.1 Å². The number of likely N-dealkylation sites (N-methyl/N-ethyl adjacent to an activating group) is 1. The van der Waals surface area contributed by atoms with Gasteiger partial charge in [-0.1, -0.05) is 0 Å². The molecule has 0 amide bonds. The summed E-state index contributed by atoms with van der Waals surface area (Å²) in [5, 5.41) is 7.12. The third-order valence-electron chi connectivity index (χ3n) is 2.37. The van der Waals surface area contributed by atoms with Crippen LogP contribution in [0.3, 0.4) is 0 Å². The summed E-state index contributed by atoms with van der Waals surface area (Å²) in [6.07, 6.45) is -3.92. The van der Waals surface area contributed by atoms with E-state index in [0.717, 1.165) is 6.42 Å². The van der Waals surface area contributed by atoms with Crippen molar-refractivity contribution in [3.8, 4) is 0 Å². The minimum atomic E-state index is -5.08. The van der Waals surface area contributed by atoms with Crippen LogP contribution in [0.15, 0.2) is 0 Å². The molecule has 1 fully saturated rings. The Kier molecular flexibility index (Phi) is 5.02. The molecular weight excluding hydrogens is 213 g/mol. The molecule has 4 nitrogen and oxygen atoms in total. The fourth-order valence-corrected chi connectivity index (χ4v) is 1.12. The third-order valence-corrected chi connectivity index (χ3v) is 2.37. The van der Waals surface area contributed by atoms with Gasteiger partial charge in [-0.2, -0.15) is 13.2 Å². The van der Waals surface area contributed by atoms with E-state index in [4.69, 9.17) is 15.6 Å². The molecule has 1 aliphatic rings. The third kappa shape index (κ3) is 4.98. The number of carboxylic acid groups (broad SMARTS) is 1. The zero-order chi connectivity index (χ0) is 12.2. The van der Waals surface area contributed by atoms with Gasteiger partial charge in [-0.15, -0.1) is 0 Å². The number of carboxylic acids is 1. The first-order valence-electron chi connectivity index (χ1n) is 4.42. The number of hydrogen-bond donors (Lipinski definition) is 2. The smallest absolute Gasteiger partial charge is 0.475 e. The van der Waals surface area contributed by atoms with Crippen LogP contribution >= 0.6 is 0 Å². The predicted molar refractivity (Wildman–Crippen MR) is 48.4 cm³/mol. The molecule has 1 rings (SSSR count). The van der Waals surface area contributed by atoms with E-state index in [9.17, 15) is 13.2 Å². The Balaban J connectivity index is 0.000000265. The highest BCUT2D eigenvalue weighted by atomic mass is 19.4. The summed E-state index contributed by atoms with van der Waals surface area (Å²) in [6, 6.07) is 1.01. The average molecular weight is 228 g/mol. The molecule has 0 spiro atoms. The molecule has 2 unspecified atom stereocenters. The Bertz CT molecular complexity index is 210. The Morgan fingerprint density at radius 3 is 2.00 bits per heavy atom. The van der Waals surface area contributed by atoms with Gasteiger partial charge in [0.1, 0.15) is 0 Å². The van der Waals surface area contributed by atoms with E-state index in [0.29, 0.717) is 12.1 Å². The maximum absolute atomic E-state index is 10.6. The first-order chi connectivity index (χ1) is 6.66. The van der Waals surface area contributed by atoms with Crippen LogP contribution in [0.5, 0.6) is 0 Å². The van der Waals surface area contributed by atoms with E-state index in [1.807, 2.05) is 0 Å². The van der Waals surface area contributed by atoms with Gasteiger partial charge in [-0.05, 0) is 26.9 Å². The molecule has 7 heteroatoms. The Labute approximate surface area is 85.8 Å². The Morgan fingerprint density at radius 1 is 1.53 bits per heavy atom. The van der Waals surface area contributed by atoms with Crippen molar-refractivity contribution in [2.24, 2.45) is 5.73 Å². The van der Waals surface area contributed by atoms with E-state index >= 15 is 0 Å². The van der Waals surface area contributed by atoms with Crippen LogP contribution in [0.4, 0.5) is 13.2 Å². The second-order valence-electron chi connectivity index (χ2n) is 3.48. The van der Waals surface area contributed by atoms with Gasteiger partial charge >= 0.3 is 12.1 Å². The van der Waals surface area contributed by atoms with Crippen molar-refractivity contribution in [1.29, 1.82) is 0 Å². The monoisotopic (exact) mass is 228 g/mol. The van der Waals surface area contributed by atoms with Gasteiger partial charge in [0.05, 0.1) is 0 Å². The zero-order valence-electron chi connectivity index (χ0n) is 8.58. The van der Waals surface area contributed by atoms with E-state index in [1.54, 1.807) is 0 Å². The molecular formula is C8H15F3N2O2. The molecule has 0 bridgehead atoms. The summed E-state index contributed by atoms with van der Waals surface area (Å²) in [7, 11) is 2.12. The van der Waals surface area contributed by atoms with Gasteiger partial charge in [-0.3, -0.25) is 0 Å². The van der Waals surface area contributed by atoms with Crippen LogP contribution in [0.25, 0.3) is 0 Å². The molecule has 3 N–H and O–H groups in total. The molecule has 0 aromatic heterocycles. The largest absolute Gasteiger partial charge is 0.490 e. The minimum absolute atomic E-state index is 0.417. The second kappa shape index (κ2) is 5.32. The standard InChI is InChI=1S/C6H14N2.C2HF3O2/c1-5-6(7)3-4-8(5)2;3-2(4,5)1(6)7/h5-6H,3-4,7H2,1-2H3;(H,6,7). The van der Waals surface area contributed by atoms with Crippen LogP contribution < -0.4 is 5.73 Å². The van der Waals surface area contributed by atoms with Gasteiger partial charge < -0.3 is 15.7 Å². The number of halogens is 3. The number of hydrogen-bond acceptors (Lipinski definition) is 3. The molecule has 2 atom stereocenters. The molecule has 1 saturated heterocycles. The highest BCUT2D eigenvalue weighted by molar-refractivity contribution is 5.73. The zero-order valence-corrected chi connectivity index (χ0v) is 8.58. The molecule has 0 aromatic rings. The summed E-state index contributed by atoms with van der Waals surface area (Å²) >= 11 is 0. The lowest BCUT2D eigenvalue weighted by molar-refractivity contribution is -0.192. The quantitative estimate of drug-likeness (QED) is 0.639. The first kappa shape index (κ1) is 14.2. The number of aliphatic carboxylic acids is 1. The molecule has 0 saturated carbocycles. The van der Waals surface area contributed by atoms with Crippen molar-refractivity contribution in [1.82, 2.24) is 4.90 Å². The normalized spacial score (nSPS) is 27.1. The molecule has 0 aromatic carbocycles. The fourth-order valence-electron chi connectivity index (χ4n) is 1.12. The number of alkyl halides is 3. The predicted octanol–water partition coefficient (Wildman–Crippen LogP) is 0.671. The maximum atomic E-state index is 10.6.